The first-order chi connectivity index (χ1) is 5.92. The molecule has 0 radical (unpaired) electrons. The lowest BCUT2D eigenvalue weighted by molar-refractivity contribution is -0.146. The average Bonchev–Trinajstić information content (AvgIpc) is 2.02. The molecule has 76 valence electrons. The summed E-state index contributed by atoms with van der Waals surface area (Å²) in [6.45, 7) is -0.585. The van der Waals surface area contributed by atoms with Crippen LogP contribution in [-0.2, 0) is 4.79 Å². The molecule has 1 amide bonds. The molecule has 0 spiro atoms. The van der Waals surface area contributed by atoms with Crippen LogP contribution in [0.1, 0.15) is 25.7 Å². The molecule has 0 aromatic heterocycles. The van der Waals surface area contributed by atoms with Crippen molar-refractivity contribution in [2.75, 3.05) is 6.61 Å². The van der Waals surface area contributed by atoms with E-state index in [1.54, 1.807) is 0 Å². The van der Waals surface area contributed by atoms with Crippen LogP contribution in [0, 0.1) is 5.41 Å². The maximum atomic E-state index is 12.9. The van der Waals surface area contributed by atoms with E-state index in [-0.39, 0.29) is 19.3 Å². The molecule has 1 fully saturated rings. The van der Waals surface area contributed by atoms with Crippen molar-refractivity contribution in [3.05, 3.63) is 0 Å². The Labute approximate surface area is 74.9 Å². The number of amides is 1. The average molecular weight is 193 g/mol. The molecule has 0 aromatic rings. The summed E-state index contributed by atoms with van der Waals surface area (Å²) in [4.78, 5) is 10.9. The fourth-order valence-electron chi connectivity index (χ4n) is 1.78. The fourth-order valence-corrected chi connectivity index (χ4v) is 1.78. The van der Waals surface area contributed by atoms with E-state index in [2.05, 4.69) is 0 Å². The van der Waals surface area contributed by atoms with Gasteiger partial charge in [0.1, 0.15) is 0 Å². The van der Waals surface area contributed by atoms with Gasteiger partial charge in [0.25, 0.3) is 0 Å². The minimum Gasteiger partial charge on any atom is -0.395 e. The molecular formula is C8H13F2NO2. The molecule has 3 nitrogen and oxygen atoms in total. The third-order valence-electron chi connectivity index (χ3n) is 2.62. The van der Waals surface area contributed by atoms with Crippen LogP contribution < -0.4 is 5.73 Å². The second-order valence-corrected chi connectivity index (χ2v) is 3.69. The van der Waals surface area contributed by atoms with Crippen molar-refractivity contribution in [3.63, 3.8) is 0 Å². The summed E-state index contributed by atoms with van der Waals surface area (Å²) in [6.07, 6.45) is -0.348. The highest BCUT2D eigenvalue weighted by Gasteiger charge is 2.48. The van der Waals surface area contributed by atoms with Gasteiger partial charge in [-0.2, -0.15) is 0 Å². The van der Waals surface area contributed by atoms with Crippen molar-refractivity contribution >= 4 is 5.91 Å². The molecule has 5 heteroatoms. The third kappa shape index (κ3) is 1.96. The number of alkyl halides is 2. The first-order valence-corrected chi connectivity index (χ1v) is 4.20. The van der Waals surface area contributed by atoms with Crippen molar-refractivity contribution in [1.29, 1.82) is 0 Å². The molecule has 13 heavy (non-hydrogen) atoms. The molecule has 0 aliphatic heterocycles. The number of hydrogen-bond acceptors (Lipinski definition) is 2. The summed E-state index contributed by atoms with van der Waals surface area (Å²) >= 11 is 0. The van der Waals surface area contributed by atoms with Gasteiger partial charge in [-0.1, -0.05) is 0 Å². The maximum Gasteiger partial charge on any atom is 0.249 e. The SMILES string of the molecule is NC(=O)[C@@]1(CO)CCCC(F)(F)C1. The zero-order chi connectivity index (χ0) is 10.1. The molecule has 0 unspecified atom stereocenters. The van der Waals surface area contributed by atoms with E-state index in [9.17, 15) is 13.6 Å². The Morgan fingerprint density at radius 1 is 1.46 bits per heavy atom. The standard InChI is InChI=1S/C8H13F2NO2/c9-8(10)3-1-2-7(4-8,5-12)6(11)13/h12H,1-5H2,(H2,11,13)/t7-/m0/s1. The normalized spacial score (nSPS) is 32.8. The van der Waals surface area contributed by atoms with Crippen molar-refractivity contribution in [2.24, 2.45) is 11.1 Å². The van der Waals surface area contributed by atoms with E-state index in [1.807, 2.05) is 0 Å². The van der Waals surface area contributed by atoms with Gasteiger partial charge in [-0.05, 0) is 12.8 Å². The predicted molar refractivity (Wildman–Crippen MR) is 42.1 cm³/mol. The molecule has 1 aliphatic rings. The highest BCUT2D eigenvalue weighted by atomic mass is 19.3. The van der Waals surface area contributed by atoms with Gasteiger partial charge in [0.05, 0.1) is 12.0 Å². The molecule has 0 heterocycles. The molecule has 0 saturated heterocycles. The minimum atomic E-state index is -2.87. The van der Waals surface area contributed by atoms with Crippen molar-refractivity contribution in [3.8, 4) is 0 Å². The van der Waals surface area contributed by atoms with Gasteiger partial charge >= 0.3 is 0 Å². The zero-order valence-corrected chi connectivity index (χ0v) is 7.22. The second kappa shape index (κ2) is 3.21. The first-order valence-electron chi connectivity index (χ1n) is 4.20. The summed E-state index contributed by atoms with van der Waals surface area (Å²) < 4.78 is 25.9. The quantitative estimate of drug-likeness (QED) is 0.676. The Hall–Kier alpha value is -0.710. The number of carbonyl (C=O) groups excluding carboxylic acids is 1. The van der Waals surface area contributed by atoms with Crippen LogP contribution in [-0.4, -0.2) is 23.5 Å². The highest BCUT2D eigenvalue weighted by Crippen LogP contribution is 2.44. The van der Waals surface area contributed by atoms with Gasteiger partial charge in [-0.15, -0.1) is 0 Å². The Bertz CT molecular complexity index is 220. The third-order valence-corrected chi connectivity index (χ3v) is 2.62. The number of halogens is 2. The zero-order valence-electron chi connectivity index (χ0n) is 7.22. The van der Waals surface area contributed by atoms with Crippen LogP contribution >= 0.6 is 0 Å². The van der Waals surface area contributed by atoms with Gasteiger partial charge in [0, 0.05) is 12.8 Å². The van der Waals surface area contributed by atoms with E-state index < -0.39 is 30.3 Å². The lowest BCUT2D eigenvalue weighted by Gasteiger charge is -2.36. The Balaban J connectivity index is 2.82. The molecular weight excluding hydrogens is 180 g/mol. The molecule has 1 rings (SSSR count). The van der Waals surface area contributed by atoms with Crippen LogP contribution in [0.25, 0.3) is 0 Å². The number of primary amides is 1. The van der Waals surface area contributed by atoms with E-state index >= 15 is 0 Å². The summed E-state index contributed by atoms with van der Waals surface area (Å²) in [5.41, 5.74) is 3.60. The van der Waals surface area contributed by atoms with E-state index in [0.29, 0.717) is 0 Å². The second-order valence-electron chi connectivity index (χ2n) is 3.69. The fraction of sp³-hybridized carbons (Fsp3) is 0.875. The lowest BCUT2D eigenvalue weighted by atomic mass is 9.72. The number of carbonyl (C=O) groups is 1. The topological polar surface area (TPSA) is 63.3 Å². The van der Waals surface area contributed by atoms with Crippen molar-refractivity contribution < 1.29 is 18.7 Å². The summed E-state index contributed by atoms with van der Waals surface area (Å²) in [6, 6.07) is 0. The Morgan fingerprint density at radius 2 is 2.08 bits per heavy atom. The lowest BCUT2D eigenvalue weighted by Crippen LogP contribution is -2.47. The Morgan fingerprint density at radius 3 is 2.38 bits per heavy atom. The van der Waals surface area contributed by atoms with E-state index in [4.69, 9.17) is 10.8 Å². The van der Waals surface area contributed by atoms with Crippen LogP contribution in [0.15, 0.2) is 0 Å². The number of hydrogen-bond donors (Lipinski definition) is 2. The largest absolute Gasteiger partial charge is 0.395 e. The Kier molecular flexibility index (Phi) is 2.56. The van der Waals surface area contributed by atoms with Crippen LogP contribution in [0.5, 0.6) is 0 Å². The van der Waals surface area contributed by atoms with Crippen LogP contribution in [0.4, 0.5) is 8.78 Å². The number of nitrogens with two attached hydrogens (primary N) is 1. The van der Waals surface area contributed by atoms with E-state index in [0.717, 1.165) is 0 Å². The molecule has 3 N–H and O–H groups in total. The maximum absolute atomic E-state index is 12.9. The smallest absolute Gasteiger partial charge is 0.249 e. The number of aliphatic hydroxyl groups is 1. The predicted octanol–water partition coefficient (Wildman–Crippen LogP) is 0.660. The van der Waals surface area contributed by atoms with Crippen LogP contribution in [0.2, 0.25) is 0 Å². The number of aliphatic hydroxyl groups excluding tert-OH is 1. The number of rotatable bonds is 2. The summed E-state index contributed by atoms with van der Waals surface area (Å²) in [5, 5.41) is 8.91. The molecule has 1 aliphatic carbocycles. The van der Waals surface area contributed by atoms with Crippen molar-refractivity contribution in [2.45, 2.75) is 31.6 Å². The monoisotopic (exact) mass is 193 g/mol. The molecule has 0 aromatic carbocycles. The highest BCUT2D eigenvalue weighted by molar-refractivity contribution is 5.81. The molecule has 1 saturated carbocycles. The summed E-state index contributed by atoms with van der Waals surface area (Å²) in [7, 11) is 0. The van der Waals surface area contributed by atoms with Crippen molar-refractivity contribution in [1.82, 2.24) is 0 Å². The van der Waals surface area contributed by atoms with E-state index in [1.165, 1.54) is 0 Å². The van der Waals surface area contributed by atoms with Gasteiger partial charge in [0.15, 0.2) is 0 Å². The molecule has 1 atom stereocenters. The minimum absolute atomic E-state index is 0.220. The first kappa shape index (κ1) is 10.4. The van der Waals surface area contributed by atoms with Crippen LogP contribution in [0.3, 0.4) is 0 Å². The molecule has 0 bridgehead atoms. The summed E-state index contributed by atoms with van der Waals surface area (Å²) in [5.74, 6) is -3.69. The van der Waals surface area contributed by atoms with Gasteiger partial charge in [-0.25, -0.2) is 8.78 Å². The van der Waals surface area contributed by atoms with Gasteiger partial charge in [-0.3, -0.25) is 4.79 Å². The van der Waals surface area contributed by atoms with Gasteiger partial charge < -0.3 is 10.8 Å². The van der Waals surface area contributed by atoms with Gasteiger partial charge in [0.2, 0.25) is 11.8 Å².